The number of aromatic nitrogens is 2. The molecule has 2 rings (SSSR count). The molecule has 0 aromatic carbocycles. The Hall–Kier alpha value is -1.17. The fraction of sp³-hybridized carbons (Fsp3) is 0.417. The van der Waals surface area contributed by atoms with Crippen molar-refractivity contribution in [3.05, 3.63) is 29.4 Å². The molecule has 0 radical (unpaired) electrons. The highest BCUT2D eigenvalue weighted by Gasteiger charge is 2.08. The maximum Gasteiger partial charge on any atom is 0.149 e. The number of nitrogens with zero attached hydrogens (tertiary/aromatic N) is 2. The molecule has 0 aliphatic carbocycles. The molecule has 2 heterocycles. The third-order valence-corrected chi connectivity index (χ3v) is 3.48. The lowest BCUT2D eigenvalue weighted by Crippen LogP contribution is -2.20. The molecule has 92 valence electrons. The van der Waals surface area contributed by atoms with E-state index >= 15 is 0 Å². The molecule has 0 unspecified atom stereocenters. The van der Waals surface area contributed by atoms with Gasteiger partial charge in [0.25, 0.3) is 0 Å². The lowest BCUT2D eigenvalue weighted by Gasteiger charge is -2.06. The van der Waals surface area contributed by atoms with Gasteiger partial charge < -0.3 is 14.6 Å². The predicted molar refractivity (Wildman–Crippen MR) is 70.1 cm³/mol. The Morgan fingerprint density at radius 2 is 2.41 bits per heavy atom. The number of hydrogen-bond acceptors (Lipinski definition) is 4. The van der Waals surface area contributed by atoms with Crippen LogP contribution in [0.5, 0.6) is 0 Å². The summed E-state index contributed by atoms with van der Waals surface area (Å²) < 4.78 is 7.12. The minimum atomic E-state index is 0.732. The standard InChI is InChI=1S/C12H17N3OS/c1-15-10(8-13-5-6-16-2)9-14-12(15)11-4-3-7-17-11/h3-4,7,9,13H,5-6,8H2,1-2H3. The lowest BCUT2D eigenvalue weighted by molar-refractivity contribution is 0.199. The van der Waals surface area contributed by atoms with Crippen molar-refractivity contribution in [3.63, 3.8) is 0 Å². The lowest BCUT2D eigenvalue weighted by atomic mass is 10.4. The smallest absolute Gasteiger partial charge is 0.149 e. The zero-order chi connectivity index (χ0) is 12.1. The minimum absolute atomic E-state index is 0.732. The highest BCUT2D eigenvalue weighted by atomic mass is 32.1. The first-order valence-corrected chi connectivity index (χ1v) is 6.45. The minimum Gasteiger partial charge on any atom is -0.383 e. The topological polar surface area (TPSA) is 39.1 Å². The van der Waals surface area contributed by atoms with Crippen molar-refractivity contribution in [2.75, 3.05) is 20.3 Å². The van der Waals surface area contributed by atoms with Crippen molar-refractivity contribution >= 4 is 11.3 Å². The summed E-state index contributed by atoms with van der Waals surface area (Å²) in [6.07, 6.45) is 1.93. The number of imidazole rings is 1. The van der Waals surface area contributed by atoms with E-state index < -0.39 is 0 Å². The average molecular weight is 251 g/mol. The first kappa shape index (κ1) is 12.3. The van der Waals surface area contributed by atoms with Crippen LogP contribution in [-0.2, 0) is 18.3 Å². The summed E-state index contributed by atoms with van der Waals surface area (Å²) in [6.45, 7) is 2.41. The summed E-state index contributed by atoms with van der Waals surface area (Å²) in [5.74, 6) is 1.03. The largest absolute Gasteiger partial charge is 0.383 e. The maximum atomic E-state index is 4.99. The molecule has 1 N–H and O–H groups in total. The highest BCUT2D eigenvalue weighted by molar-refractivity contribution is 7.13. The van der Waals surface area contributed by atoms with E-state index in [1.807, 2.05) is 12.3 Å². The van der Waals surface area contributed by atoms with Gasteiger partial charge in [-0.15, -0.1) is 11.3 Å². The van der Waals surface area contributed by atoms with Crippen LogP contribution in [0, 0.1) is 0 Å². The van der Waals surface area contributed by atoms with E-state index in [-0.39, 0.29) is 0 Å². The van der Waals surface area contributed by atoms with E-state index in [1.165, 1.54) is 10.6 Å². The Labute approximate surface area is 105 Å². The van der Waals surface area contributed by atoms with Gasteiger partial charge in [-0.25, -0.2) is 4.98 Å². The SMILES string of the molecule is COCCNCc1cnc(-c2cccs2)n1C. The van der Waals surface area contributed by atoms with Crippen LogP contribution in [0.25, 0.3) is 10.7 Å². The first-order valence-electron chi connectivity index (χ1n) is 5.57. The second-order valence-corrected chi connectivity index (χ2v) is 4.73. The molecule has 4 nitrogen and oxygen atoms in total. The van der Waals surface area contributed by atoms with Gasteiger partial charge in [0.05, 0.1) is 23.4 Å². The van der Waals surface area contributed by atoms with Gasteiger partial charge in [0.2, 0.25) is 0 Å². The number of methoxy groups -OCH3 is 1. The van der Waals surface area contributed by atoms with Crippen molar-refractivity contribution < 1.29 is 4.74 Å². The number of hydrogen-bond donors (Lipinski definition) is 1. The summed E-state index contributed by atoms with van der Waals surface area (Å²) in [6, 6.07) is 4.14. The fourth-order valence-corrected chi connectivity index (χ4v) is 2.39. The molecule has 0 saturated heterocycles. The molecule has 2 aromatic rings. The molecule has 0 spiro atoms. The van der Waals surface area contributed by atoms with Crippen LogP contribution in [0.15, 0.2) is 23.7 Å². The van der Waals surface area contributed by atoms with Crippen LogP contribution in [0.2, 0.25) is 0 Å². The molecule has 0 saturated carbocycles. The van der Waals surface area contributed by atoms with Crippen molar-refractivity contribution in [3.8, 4) is 10.7 Å². The summed E-state index contributed by atoms with van der Waals surface area (Å²) in [4.78, 5) is 5.66. The Morgan fingerprint density at radius 3 is 3.12 bits per heavy atom. The number of ether oxygens (including phenoxy) is 1. The number of rotatable bonds is 6. The van der Waals surface area contributed by atoms with Crippen molar-refractivity contribution in [1.29, 1.82) is 0 Å². The normalized spacial score (nSPS) is 10.9. The van der Waals surface area contributed by atoms with E-state index in [0.29, 0.717) is 0 Å². The molecule has 0 amide bonds. The molecule has 0 aliphatic rings. The molecule has 0 atom stereocenters. The number of nitrogens with one attached hydrogen (secondary N) is 1. The maximum absolute atomic E-state index is 4.99. The van der Waals surface area contributed by atoms with Gasteiger partial charge in [0.15, 0.2) is 0 Å². The number of thiophene rings is 1. The second-order valence-electron chi connectivity index (χ2n) is 3.78. The Morgan fingerprint density at radius 1 is 1.53 bits per heavy atom. The van der Waals surface area contributed by atoms with Crippen molar-refractivity contribution in [2.45, 2.75) is 6.54 Å². The Kier molecular flexibility index (Phi) is 4.30. The zero-order valence-corrected chi connectivity index (χ0v) is 11.0. The highest BCUT2D eigenvalue weighted by Crippen LogP contribution is 2.23. The summed E-state index contributed by atoms with van der Waals surface area (Å²) in [7, 11) is 3.76. The molecule has 5 heteroatoms. The van der Waals surface area contributed by atoms with Crippen LogP contribution in [0.3, 0.4) is 0 Å². The predicted octanol–water partition coefficient (Wildman–Crippen LogP) is 1.88. The van der Waals surface area contributed by atoms with Crippen molar-refractivity contribution in [2.24, 2.45) is 7.05 Å². The van der Waals surface area contributed by atoms with Crippen LogP contribution in [0.1, 0.15) is 5.69 Å². The van der Waals surface area contributed by atoms with Gasteiger partial charge in [-0.3, -0.25) is 0 Å². The van der Waals surface area contributed by atoms with Gasteiger partial charge in [-0.05, 0) is 11.4 Å². The Balaban J connectivity index is 2.01. The van der Waals surface area contributed by atoms with E-state index in [9.17, 15) is 0 Å². The van der Waals surface area contributed by atoms with E-state index in [4.69, 9.17) is 4.74 Å². The third kappa shape index (κ3) is 2.94. The van der Waals surface area contributed by atoms with E-state index in [2.05, 4.69) is 33.4 Å². The van der Waals surface area contributed by atoms with E-state index in [0.717, 1.165) is 25.5 Å². The molecule has 0 bridgehead atoms. The average Bonchev–Trinajstić information content (AvgIpc) is 2.95. The molecule has 0 fully saturated rings. The fourth-order valence-electron chi connectivity index (χ4n) is 1.63. The van der Waals surface area contributed by atoms with E-state index in [1.54, 1.807) is 18.4 Å². The Bertz CT molecular complexity index is 450. The van der Waals surface area contributed by atoms with Crippen LogP contribution in [0.4, 0.5) is 0 Å². The monoisotopic (exact) mass is 251 g/mol. The third-order valence-electron chi connectivity index (χ3n) is 2.62. The second kappa shape index (κ2) is 5.95. The molecule has 0 aliphatic heterocycles. The van der Waals surface area contributed by atoms with Crippen LogP contribution < -0.4 is 5.32 Å². The molecular formula is C12H17N3OS. The summed E-state index contributed by atoms with van der Waals surface area (Å²) in [5.41, 5.74) is 1.18. The summed E-state index contributed by atoms with van der Waals surface area (Å²) >= 11 is 1.71. The van der Waals surface area contributed by atoms with Crippen LogP contribution in [-0.4, -0.2) is 29.8 Å². The first-order chi connectivity index (χ1) is 8.33. The van der Waals surface area contributed by atoms with Gasteiger partial charge in [0.1, 0.15) is 5.82 Å². The zero-order valence-electron chi connectivity index (χ0n) is 10.1. The van der Waals surface area contributed by atoms with Gasteiger partial charge >= 0.3 is 0 Å². The molecule has 2 aromatic heterocycles. The van der Waals surface area contributed by atoms with Gasteiger partial charge in [-0.2, -0.15) is 0 Å². The van der Waals surface area contributed by atoms with Crippen molar-refractivity contribution in [1.82, 2.24) is 14.9 Å². The molecule has 17 heavy (non-hydrogen) atoms. The van der Waals surface area contributed by atoms with Gasteiger partial charge in [0, 0.05) is 27.2 Å². The van der Waals surface area contributed by atoms with Crippen LogP contribution >= 0.6 is 11.3 Å². The molecular weight excluding hydrogens is 234 g/mol. The quantitative estimate of drug-likeness (QED) is 0.797. The van der Waals surface area contributed by atoms with Gasteiger partial charge in [-0.1, -0.05) is 6.07 Å². The summed E-state index contributed by atoms with van der Waals surface area (Å²) in [5, 5.41) is 5.39.